The summed E-state index contributed by atoms with van der Waals surface area (Å²) in [5.41, 5.74) is 3.52. The quantitative estimate of drug-likeness (QED) is 0.269. The number of aliphatic carboxylic acids is 2. The maximum Gasteiger partial charge on any atom is 0.307 e. The Kier molecular flexibility index (Phi) is 9.56. The van der Waals surface area contributed by atoms with Gasteiger partial charge in [0.2, 0.25) is 0 Å². The van der Waals surface area contributed by atoms with E-state index in [9.17, 15) is 26.8 Å². The van der Waals surface area contributed by atoms with Gasteiger partial charge >= 0.3 is 11.9 Å². The van der Waals surface area contributed by atoms with Crippen molar-refractivity contribution >= 4 is 33.4 Å². The van der Waals surface area contributed by atoms with Crippen molar-refractivity contribution in [3.05, 3.63) is 113 Å². The number of hydrogen-bond donors (Lipinski definition) is 2. The smallest absolute Gasteiger partial charge is 0.307 e. The molecule has 6 nitrogen and oxygen atoms in total. The first kappa shape index (κ1) is 29.5. The van der Waals surface area contributed by atoms with Crippen molar-refractivity contribution in [2.24, 2.45) is 0 Å². The van der Waals surface area contributed by atoms with Crippen LogP contribution in [0.5, 0.6) is 0 Å². The molecule has 0 aliphatic carbocycles. The van der Waals surface area contributed by atoms with Crippen LogP contribution >= 0.6 is 11.6 Å². The Hall–Kier alpha value is -4.08. The van der Waals surface area contributed by atoms with Crippen LogP contribution in [-0.4, -0.2) is 36.8 Å². The summed E-state index contributed by atoms with van der Waals surface area (Å²) in [5.74, 6) is -3.00. The molecule has 0 aromatic heterocycles. The van der Waals surface area contributed by atoms with Crippen molar-refractivity contribution in [3.63, 3.8) is 0 Å². The Morgan fingerprint density at radius 3 is 1.44 bits per heavy atom. The molecule has 0 heterocycles. The van der Waals surface area contributed by atoms with Crippen molar-refractivity contribution in [1.29, 1.82) is 0 Å². The highest BCUT2D eigenvalue weighted by Gasteiger charge is 2.12. The predicted octanol–water partition coefficient (Wildman–Crippen LogP) is 6.30. The number of carboxylic acid groups (broad SMARTS) is 2. The summed E-state index contributed by atoms with van der Waals surface area (Å²) < 4.78 is 49.2. The van der Waals surface area contributed by atoms with E-state index in [2.05, 4.69) is 0 Å². The van der Waals surface area contributed by atoms with E-state index in [0.29, 0.717) is 32.8 Å². The number of hydrogen-bond acceptors (Lipinski definition) is 4. The van der Waals surface area contributed by atoms with Gasteiger partial charge in [0, 0.05) is 11.3 Å². The largest absolute Gasteiger partial charge is 0.481 e. The van der Waals surface area contributed by atoms with Crippen LogP contribution in [-0.2, 0) is 32.3 Å². The average Bonchev–Trinajstić information content (AvgIpc) is 2.84. The molecule has 2 N–H and O–H groups in total. The predicted molar refractivity (Wildman–Crippen MR) is 144 cm³/mol. The van der Waals surface area contributed by atoms with Gasteiger partial charge in [-0.25, -0.2) is 17.2 Å². The van der Waals surface area contributed by atoms with Crippen LogP contribution in [0.3, 0.4) is 0 Å². The van der Waals surface area contributed by atoms with E-state index >= 15 is 0 Å². The lowest BCUT2D eigenvalue weighted by Gasteiger charge is -2.09. The van der Waals surface area contributed by atoms with Gasteiger partial charge in [-0.05, 0) is 81.9 Å². The maximum absolute atomic E-state index is 13.3. The van der Waals surface area contributed by atoms with Crippen LogP contribution in [0.1, 0.15) is 11.1 Å². The molecular formula is C29H23ClF2O6S. The van der Waals surface area contributed by atoms with Gasteiger partial charge in [0.1, 0.15) is 11.6 Å². The van der Waals surface area contributed by atoms with Gasteiger partial charge in [0.05, 0.1) is 17.7 Å². The fraction of sp³-hybridized carbons (Fsp3) is 0.103. The number of benzene rings is 4. The van der Waals surface area contributed by atoms with Crippen LogP contribution in [0, 0.1) is 11.6 Å². The topological polar surface area (TPSA) is 109 Å². The third-order valence-electron chi connectivity index (χ3n) is 5.57. The minimum atomic E-state index is -3.29. The minimum absolute atomic E-state index is 0.174. The summed E-state index contributed by atoms with van der Waals surface area (Å²) in [6, 6.07) is 21.1. The number of sulfone groups is 1. The lowest BCUT2D eigenvalue weighted by Crippen LogP contribution is -2.02. The lowest BCUT2D eigenvalue weighted by molar-refractivity contribution is -0.137. The number of carboxylic acids is 2. The Bertz CT molecular complexity index is 1600. The van der Waals surface area contributed by atoms with Crippen LogP contribution in [0.25, 0.3) is 22.3 Å². The molecule has 0 atom stereocenters. The first-order valence-corrected chi connectivity index (χ1v) is 13.7. The van der Waals surface area contributed by atoms with E-state index in [0.717, 1.165) is 11.8 Å². The van der Waals surface area contributed by atoms with Crippen molar-refractivity contribution in [2.45, 2.75) is 17.7 Å². The number of halogens is 3. The van der Waals surface area contributed by atoms with Gasteiger partial charge in [-0.1, -0.05) is 48.0 Å². The van der Waals surface area contributed by atoms with Gasteiger partial charge < -0.3 is 10.2 Å². The molecule has 4 aromatic carbocycles. The first-order valence-electron chi connectivity index (χ1n) is 11.4. The zero-order chi connectivity index (χ0) is 28.7. The molecule has 0 unspecified atom stereocenters. The SMILES string of the molecule is CS(=O)(=O)c1ccc(-c2ccc(F)cc2CC(=O)O)cc1.O=C(O)Cc1cc(F)ccc1-c1ccc(Cl)cc1. The Morgan fingerprint density at radius 2 is 1.08 bits per heavy atom. The van der Waals surface area contributed by atoms with E-state index in [4.69, 9.17) is 21.8 Å². The van der Waals surface area contributed by atoms with Gasteiger partial charge in [-0.15, -0.1) is 0 Å². The van der Waals surface area contributed by atoms with Gasteiger partial charge in [-0.2, -0.15) is 0 Å². The van der Waals surface area contributed by atoms with E-state index in [1.807, 2.05) is 0 Å². The van der Waals surface area contributed by atoms with Crippen molar-refractivity contribution in [1.82, 2.24) is 0 Å². The Labute approximate surface area is 229 Å². The summed E-state index contributed by atoms with van der Waals surface area (Å²) in [6.45, 7) is 0. The molecule has 39 heavy (non-hydrogen) atoms. The molecule has 4 aromatic rings. The van der Waals surface area contributed by atoms with Gasteiger partial charge in [0.25, 0.3) is 0 Å². The maximum atomic E-state index is 13.3. The summed E-state index contributed by atoms with van der Waals surface area (Å²) in [7, 11) is -3.29. The molecule has 4 rings (SSSR count). The normalized spacial score (nSPS) is 10.9. The molecule has 0 bridgehead atoms. The minimum Gasteiger partial charge on any atom is -0.481 e. The van der Waals surface area contributed by atoms with E-state index in [1.54, 1.807) is 42.5 Å². The fourth-order valence-corrected chi connectivity index (χ4v) is 4.57. The highest BCUT2D eigenvalue weighted by molar-refractivity contribution is 7.90. The molecule has 0 amide bonds. The highest BCUT2D eigenvalue weighted by Crippen LogP contribution is 2.27. The molecule has 0 aliphatic rings. The summed E-state index contributed by atoms with van der Waals surface area (Å²) >= 11 is 5.79. The molecule has 10 heteroatoms. The molecule has 0 fully saturated rings. The molecule has 0 spiro atoms. The monoisotopic (exact) mass is 572 g/mol. The second kappa shape index (κ2) is 12.6. The first-order chi connectivity index (χ1) is 18.3. The van der Waals surface area contributed by atoms with Crippen molar-refractivity contribution in [2.75, 3.05) is 6.26 Å². The summed E-state index contributed by atoms with van der Waals surface area (Å²) in [6.07, 6.45) is 0.590. The third-order valence-corrected chi connectivity index (χ3v) is 6.95. The highest BCUT2D eigenvalue weighted by atomic mass is 35.5. The van der Waals surface area contributed by atoms with Crippen molar-refractivity contribution in [3.8, 4) is 22.3 Å². The van der Waals surface area contributed by atoms with Crippen LogP contribution < -0.4 is 0 Å². The van der Waals surface area contributed by atoms with Gasteiger partial charge in [-0.3, -0.25) is 9.59 Å². The molecule has 202 valence electrons. The Balaban J connectivity index is 0.000000218. The van der Waals surface area contributed by atoms with Crippen LogP contribution in [0.4, 0.5) is 8.78 Å². The van der Waals surface area contributed by atoms with E-state index in [1.165, 1.54) is 42.5 Å². The third kappa shape index (κ3) is 8.46. The Morgan fingerprint density at radius 1 is 0.692 bits per heavy atom. The van der Waals surface area contributed by atoms with Gasteiger partial charge in [0.15, 0.2) is 9.84 Å². The average molecular weight is 573 g/mol. The zero-order valence-electron chi connectivity index (χ0n) is 20.6. The fourth-order valence-electron chi connectivity index (χ4n) is 3.82. The zero-order valence-corrected chi connectivity index (χ0v) is 22.1. The van der Waals surface area contributed by atoms with Crippen molar-refractivity contribution < 1.29 is 37.0 Å². The van der Waals surface area contributed by atoms with Crippen LogP contribution in [0.15, 0.2) is 89.8 Å². The molecule has 0 radical (unpaired) electrons. The number of rotatable bonds is 7. The molecule has 0 saturated heterocycles. The molecule has 0 saturated carbocycles. The molecule has 0 aliphatic heterocycles. The second-order valence-corrected chi connectivity index (χ2v) is 11.0. The van der Waals surface area contributed by atoms with E-state index < -0.39 is 33.4 Å². The number of carbonyl (C=O) groups is 2. The lowest BCUT2D eigenvalue weighted by atomic mass is 9.97. The summed E-state index contributed by atoms with van der Waals surface area (Å²) in [5, 5.41) is 18.3. The second-order valence-electron chi connectivity index (χ2n) is 8.55. The van der Waals surface area contributed by atoms with E-state index in [-0.39, 0.29) is 17.7 Å². The van der Waals surface area contributed by atoms with Crippen LogP contribution in [0.2, 0.25) is 5.02 Å². The molecular weight excluding hydrogens is 550 g/mol. The summed E-state index contributed by atoms with van der Waals surface area (Å²) in [4.78, 5) is 21.8. The standard InChI is InChI=1S/C15H13FO4S.C14H10ClFO2/c1-21(19,20)13-5-2-10(3-6-13)14-7-4-12(16)8-11(14)9-15(17)18;15-11-3-1-9(2-4-11)13-6-5-12(16)7-10(13)8-14(17)18/h2-8H,9H2,1H3,(H,17,18);1-7H,8H2,(H,17,18).